The molecule has 4 rings (SSSR count). The number of aryl methyl sites for hydroxylation is 3. The van der Waals surface area contributed by atoms with Crippen molar-refractivity contribution in [3.8, 4) is 5.75 Å². The Morgan fingerprint density at radius 2 is 1.81 bits per heavy atom. The summed E-state index contributed by atoms with van der Waals surface area (Å²) in [7, 11) is 0. The molecule has 0 atom stereocenters. The number of nitrogens with one attached hydrogen (secondary N) is 1. The first kappa shape index (κ1) is 21.8. The highest BCUT2D eigenvalue weighted by Gasteiger charge is 2.19. The topological polar surface area (TPSA) is 73.2 Å². The minimum Gasteiger partial charge on any atom is -0.494 e. The van der Waals surface area contributed by atoms with Crippen LogP contribution in [0.3, 0.4) is 0 Å². The summed E-state index contributed by atoms with van der Waals surface area (Å²) in [6.07, 6.45) is 3.19. The van der Waals surface area contributed by atoms with E-state index in [1.807, 2.05) is 68.4 Å². The number of rotatable bonds is 8. The van der Waals surface area contributed by atoms with Gasteiger partial charge in [-0.15, -0.1) is 11.3 Å². The average Bonchev–Trinajstić information content (AvgIpc) is 3.14. The van der Waals surface area contributed by atoms with Gasteiger partial charge in [-0.2, -0.15) is 0 Å². The van der Waals surface area contributed by atoms with Crippen LogP contribution in [0, 0.1) is 13.8 Å². The molecule has 0 aliphatic carbocycles. The summed E-state index contributed by atoms with van der Waals surface area (Å²) in [6.45, 7) is 5.00. The highest BCUT2D eigenvalue weighted by atomic mass is 32.1. The maximum absolute atomic E-state index is 13.0. The van der Waals surface area contributed by atoms with Crippen LogP contribution >= 0.6 is 11.3 Å². The van der Waals surface area contributed by atoms with E-state index in [1.165, 1.54) is 16.9 Å². The summed E-state index contributed by atoms with van der Waals surface area (Å²) in [5.74, 6) is 0.627. The van der Waals surface area contributed by atoms with E-state index in [2.05, 4.69) is 10.3 Å². The van der Waals surface area contributed by atoms with Gasteiger partial charge in [0, 0.05) is 12.2 Å². The molecule has 2 aromatic heterocycles. The van der Waals surface area contributed by atoms with Crippen molar-refractivity contribution in [1.29, 1.82) is 0 Å². The number of carbonyl (C=O) groups is 1. The van der Waals surface area contributed by atoms with Crippen LogP contribution in [0.5, 0.6) is 5.75 Å². The Kier molecular flexibility index (Phi) is 6.66. The molecule has 0 spiro atoms. The molecular weight excluding hydrogens is 422 g/mol. The van der Waals surface area contributed by atoms with Crippen molar-refractivity contribution >= 4 is 33.1 Å². The number of thiophene rings is 1. The number of ether oxygens (including phenoxy) is 1. The van der Waals surface area contributed by atoms with E-state index in [0.29, 0.717) is 39.5 Å². The van der Waals surface area contributed by atoms with Gasteiger partial charge in [0.2, 0.25) is 0 Å². The molecule has 0 radical (unpaired) electrons. The molecule has 2 aromatic carbocycles. The van der Waals surface area contributed by atoms with Gasteiger partial charge in [-0.05, 0) is 56.5 Å². The van der Waals surface area contributed by atoms with Gasteiger partial charge in [0.1, 0.15) is 10.6 Å². The number of benzene rings is 2. The predicted octanol–water partition coefficient (Wildman–Crippen LogP) is 5.19. The number of amides is 1. The lowest BCUT2D eigenvalue weighted by Gasteiger charge is -2.08. The van der Waals surface area contributed by atoms with E-state index < -0.39 is 0 Å². The van der Waals surface area contributed by atoms with Gasteiger partial charge in [-0.3, -0.25) is 14.2 Å². The number of hydrogen-bond donors (Lipinski definition) is 1. The molecule has 0 aliphatic heterocycles. The molecule has 0 bridgehead atoms. The first-order chi connectivity index (χ1) is 15.5. The molecule has 4 aromatic rings. The van der Waals surface area contributed by atoms with Crippen LogP contribution in [0.2, 0.25) is 0 Å². The second kappa shape index (κ2) is 9.78. The number of aromatic nitrogens is 2. The summed E-state index contributed by atoms with van der Waals surface area (Å²) in [4.78, 5) is 31.3. The summed E-state index contributed by atoms with van der Waals surface area (Å²) < 4.78 is 7.37. The predicted molar refractivity (Wildman–Crippen MR) is 129 cm³/mol. The van der Waals surface area contributed by atoms with Crippen molar-refractivity contribution < 1.29 is 9.53 Å². The molecule has 0 aliphatic rings. The summed E-state index contributed by atoms with van der Waals surface area (Å²) in [6, 6.07) is 17.2. The zero-order valence-corrected chi connectivity index (χ0v) is 18.9. The molecule has 7 heteroatoms. The van der Waals surface area contributed by atoms with Gasteiger partial charge in [0.05, 0.1) is 23.2 Å². The number of unbranched alkanes of at least 4 members (excludes halogenated alkanes) is 1. The van der Waals surface area contributed by atoms with E-state index in [-0.39, 0.29) is 11.5 Å². The van der Waals surface area contributed by atoms with Gasteiger partial charge in [-0.1, -0.05) is 35.9 Å². The Labute approximate surface area is 190 Å². The van der Waals surface area contributed by atoms with E-state index in [4.69, 9.17) is 4.74 Å². The average molecular weight is 448 g/mol. The lowest BCUT2D eigenvalue weighted by molar-refractivity contribution is 0.103. The zero-order chi connectivity index (χ0) is 22.5. The van der Waals surface area contributed by atoms with Crippen molar-refractivity contribution in [3.05, 3.63) is 87.3 Å². The Hall–Kier alpha value is -3.45. The number of carbonyl (C=O) groups excluding carboxylic acids is 1. The minimum atomic E-state index is -0.226. The van der Waals surface area contributed by atoms with E-state index in [9.17, 15) is 9.59 Å². The van der Waals surface area contributed by atoms with Crippen LogP contribution in [0.25, 0.3) is 10.2 Å². The maximum atomic E-state index is 13.0. The monoisotopic (exact) mass is 447 g/mol. The lowest BCUT2D eigenvalue weighted by Crippen LogP contribution is -2.21. The molecule has 164 valence electrons. The third kappa shape index (κ3) is 4.89. The Balaban J connectivity index is 1.40. The van der Waals surface area contributed by atoms with Crippen LogP contribution in [-0.4, -0.2) is 22.1 Å². The minimum absolute atomic E-state index is 0.109. The van der Waals surface area contributed by atoms with Gasteiger partial charge in [-0.25, -0.2) is 4.98 Å². The van der Waals surface area contributed by atoms with Crippen molar-refractivity contribution in [2.24, 2.45) is 0 Å². The number of para-hydroxylation sites is 1. The fraction of sp³-hybridized carbons (Fsp3) is 0.240. The van der Waals surface area contributed by atoms with E-state index in [1.54, 1.807) is 10.9 Å². The third-order valence-electron chi connectivity index (χ3n) is 5.24. The highest BCUT2D eigenvalue weighted by Crippen LogP contribution is 2.27. The molecule has 32 heavy (non-hydrogen) atoms. The fourth-order valence-corrected chi connectivity index (χ4v) is 4.49. The van der Waals surface area contributed by atoms with Crippen LogP contribution in [0.4, 0.5) is 5.69 Å². The molecule has 0 saturated heterocycles. The second-order valence-corrected chi connectivity index (χ2v) is 8.67. The molecule has 0 saturated carbocycles. The number of fused-ring (bicyclic) bond motifs is 1. The smallest absolute Gasteiger partial charge is 0.266 e. The Morgan fingerprint density at radius 3 is 2.56 bits per heavy atom. The van der Waals surface area contributed by atoms with Crippen molar-refractivity contribution in [3.63, 3.8) is 0 Å². The van der Waals surface area contributed by atoms with Crippen LogP contribution in [0.15, 0.2) is 65.7 Å². The van der Waals surface area contributed by atoms with Gasteiger partial charge in [0.25, 0.3) is 11.5 Å². The SMILES string of the molecule is Cc1ccc(OCCCCn2cnc3sc(C(=O)Nc4ccccc4)c(C)c3c2=O)cc1. The molecular formula is C25H25N3O3S. The molecule has 0 fully saturated rings. The van der Waals surface area contributed by atoms with E-state index in [0.717, 1.165) is 18.6 Å². The first-order valence-corrected chi connectivity index (χ1v) is 11.4. The Bertz CT molecular complexity index is 1280. The third-order valence-corrected chi connectivity index (χ3v) is 6.44. The van der Waals surface area contributed by atoms with Crippen molar-refractivity contribution in [2.75, 3.05) is 11.9 Å². The van der Waals surface area contributed by atoms with Crippen LogP contribution < -0.4 is 15.6 Å². The zero-order valence-electron chi connectivity index (χ0n) is 18.1. The summed E-state index contributed by atoms with van der Waals surface area (Å²) in [5.41, 5.74) is 2.48. The van der Waals surface area contributed by atoms with Gasteiger partial charge in [0.15, 0.2) is 0 Å². The number of hydrogen-bond acceptors (Lipinski definition) is 5. The van der Waals surface area contributed by atoms with Gasteiger partial charge < -0.3 is 10.1 Å². The highest BCUT2D eigenvalue weighted by molar-refractivity contribution is 7.20. The number of nitrogens with zero attached hydrogens (tertiary/aromatic N) is 2. The van der Waals surface area contributed by atoms with E-state index >= 15 is 0 Å². The van der Waals surface area contributed by atoms with Crippen LogP contribution in [-0.2, 0) is 6.54 Å². The number of anilines is 1. The normalized spacial score (nSPS) is 10.9. The maximum Gasteiger partial charge on any atom is 0.266 e. The van der Waals surface area contributed by atoms with Crippen LogP contribution in [0.1, 0.15) is 33.6 Å². The molecule has 2 heterocycles. The second-order valence-electron chi connectivity index (χ2n) is 7.67. The Morgan fingerprint density at radius 1 is 1.06 bits per heavy atom. The quantitative estimate of drug-likeness (QED) is 0.378. The fourth-order valence-electron chi connectivity index (χ4n) is 3.45. The van der Waals surface area contributed by atoms with Crippen molar-refractivity contribution in [1.82, 2.24) is 9.55 Å². The summed E-state index contributed by atoms with van der Waals surface area (Å²) >= 11 is 1.25. The first-order valence-electron chi connectivity index (χ1n) is 10.6. The summed E-state index contributed by atoms with van der Waals surface area (Å²) in [5, 5.41) is 3.40. The van der Waals surface area contributed by atoms with Crippen molar-refractivity contribution in [2.45, 2.75) is 33.2 Å². The molecule has 0 unspecified atom stereocenters. The lowest BCUT2D eigenvalue weighted by atomic mass is 10.2. The molecule has 1 amide bonds. The molecule has 6 nitrogen and oxygen atoms in total. The standard InChI is InChI=1S/C25H25N3O3S/c1-17-10-12-20(13-11-17)31-15-7-6-14-28-16-26-24-21(25(28)30)18(2)22(32-24)23(29)27-19-8-4-3-5-9-19/h3-5,8-13,16H,6-7,14-15H2,1-2H3,(H,27,29). The van der Waals surface area contributed by atoms with Gasteiger partial charge >= 0.3 is 0 Å². The largest absolute Gasteiger partial charge is 0.494 e. The molecule has 1 N–H and O–H groups in total.